The minimum atomic E-state index is -0.812. The van der Waals surface area contributed by atoms with Crippen molar-refractivity contribution in [1.82, 2.24) is 0 Å². The molecule has 8 nitrogen and oxygen atoms in total. The zero-order chi connectivity index (χ0) is 14.9. The molecule has 0 spiro atoms. The Labute approximate surface area is 113 Å². The first-order chi connectivity index (χ1) is 9.45. The highest BCUT2D eigenvalue weighted by molar-refractivity contribution is 6.52. The molecule has 0 saturated heterocycles. The van der Waals surface area contributed by atoms with Crippen molar-refractivity contribution >= 4 is 29.0 Å². The van der Waals surface area contributed by atoms with Crippen molar-refractivity contribution in [1.29, 1.82) is 0 Å². The Kier molecular flexibility index (Phi) is 3.47. The third-order valence-electron chi connectivity index (χ3n) is 2.93. The Morgan fingerprint density at radius 1 is 1.40 bits per heavy atom. The highest BCUT2D eigenvalue weighted by atomic mass is 16.6. The lowest BCUT2D eigenvalue weighted by Gasteiger charge is -2.15. The number of methoxy groups -OCH3 is 1. The van der Waals surface area contributed by atoms with Gasteiger partial charge in [-0.25, -0.2) is 0 Å². The van der Waals surface area contributed by atoms with E-state index in [9.17, 15) is 24.5 Å². The number of carbonyl (C=O) groups is 3. The molecule has 0 atom stereocenters. The molecule has 0 N–H and O–H groups in total. The number of nitro benzene ring substituents is 1. The summed E-state index contributed by atoms with van der Waals surface area (Å²) in [5, 5.41) is 10.7. The van der Waals surface area contributed by atoms with Gasteiger partial charge in [-0.2, -0.15) is 0 Å². The number of nitro groups is 1. The van der Waals surface area contributed by atoms with Crippen molar-refractivity contribution in [3.8, 4) is 0 Å². The monoisotopic (exact) mass is 278 g/mol. The molecule has 0 unspecified atom stereocenters. The van der Waals surface area contributed by atoms with Crippen LogP contribution in [0.1, 0.15) is 16.8 Å². The van der Waals surface area contributed by atoms with Crippen LogP contribution in [0.15, 0.2) is 18.2 Å². The summed E-state index contributed by atoms with van der Waals surface area (Å²) in [6.07, 6.45) is -0.0635. The Bertz CT molecular complexity index is 624. The molecule has 0 aliphatic carbocycles. The molecule has 0 fully saturated rings. The summed E-state index contributed by atoms with van der Waals surface area (Å²) in [5.41, 5.74) is -0.0108. The lowest BCUT2D eigenvalue weighted by atomic mass is 10.1. The van der Waals surface area contributed by atoms with Crippen molar-refractivity contribution in [2.75, 3.05) is 18.6 Å². The SMILES string of the molecule is COC(=O)CCN1C(=O)C(=O)c2cc([N+](=O)[O-])ccc21. The third-order valence-corrected chi connectivity index (χ3v) is 2.93. The summed E-state index contributed by atoms with van der Waals surface area (Å²) in [4.78, 5) is 45.8. The highest BCUT2D eigenvalue weighted by Gasteiger charge is 2.37. The van der Waals surface area contributed by atoms with Gasteiger partial charge in [0.05, 0.1) is 29.7 Å². The van der Waals surface area contributed by atoms with E-state index < -0.39 is 22.6 Å². The van der Waals surface area contributed by atoms with Crippen LogP contribution in [-0.4, -0.2) is 36.2 Å². The van der Waals surface area contributed by atoms with Gasteiger partial charge in [-0.1, -0.05) is 0 Å². The number of fused-ring (bicyclic) bond motifs is 1. The first-order valence-corrected chi connectivity index (χ1v) is 5.67. The van der Waals surface area contributed by atoms with E-state index in [1.807, 2.05) is 0 Å². The van der Waals surface area contributed by atoms with Gasteiger partial charge in [-0.15, -0.1) is 0 Å². The molecule has 1 aliphatic rings. The van der Waals surface area contributed by atoms with E-state index in [0.29, 0.717) is 0 Å². The van der Waals surface area contributed by atoms with Crippen LogP contribution >= 0.6 is 0 Å². The molecule has 104 valence electrons. The van der Waals surface area contributed by atoms with Gasteiger partial charge in [0.15, 0.2) is 0 Å². The molecule has 0 radical (unpaired) electrons. The zero-order valence-electron chi connectivity index (χ0n) is 10.5. The number of esters is 1. The van der Waals surface area contributed by atoms with Crippen molar-refractivity contribution in [2.24, 2.45) is 0 Å². The van der Waals surface area contributed by atoms with Crippen LogP contribution in [0, 0.1) is 10.1 Å². The van der Waals surface area contributed by atoms with Gasteiger partial charge in [0, 0.05) is 18.7 Å². The molecule has 0 saturated carbocycles. The van der Waals surface area contributed by atoms with Gasteiger partial charge in [0.1, 0.15) is 0 Å². The van der Waals surface area contributed by atoms with Crippen molar-refractivity contribution in [2.45, 2.75) is 6.42 Å². The summed E-state index contributed by atoms with van der Waals surface area (Å²) in [5.74, 6) is -2.13. The number of nitrogens with zero attached hydrogens (tertiary/aromatic N) is 2. The van der Waals surface area contributed by atoms with Crippen LogP contribution in [0.4, 0.5) is 11.4 Å². The molecule has 1 heterocycles. The van der Waals surface area contributed by atoms with Crippen LogP contribution in [0.2, 0.25) is 0 Å². The van der Waals surface area contributed by atoms with E-state index in [1.165, 1.54) is 19.2 Å². The maximum atomic E-state index is 11.8. The summed E-state index contributed by atoms with van der Waals surface area (Å²) < 4.78 is 4.46. The average molecular weight is 278 g/mol. The van der Waals surface area contributed by atoms with Crippen LogP contribution in [-0.2, 0) is 14.3 Å². The number of hydrogen-bond donors (Lipinski definition) is 0. The number of benzene rings is 1. The molecule has 8 heteroatoms. The topological polar surface area (TPSA) is 107 Å². The smallest absolute Gasteiger partial charge is 0.307 e. The lowest BCUT2D eigenvalue weighted by molar-refractivity contribution is -0.384. The quantitative estimate of drug-likeness (QED) is 0.347. The number of Topliss-reactive ketones (excluding diaryl/α,β-unsaturated/α-hetero) is 1. The fourth-order valence-corrected chi connectivity index (χ4v) is 1.93. The fourth-order valence-electron chi connectivity index (χ4n) is 1.93. The van der Waals surface area contributed by atoms with Gasteiger partial charge < -0.3 is 9.64 Å². The number of non-ortho nitro benzene ring substituents is 1. The Morgan fingerprint density at radius 2 is 2.10 bits per heavy atom. The predicted octanol–water partition coefficient (Wildman–Crippen LogP) is 0.687. The second-order valence-corrected chi connectivity index (χ2v) is 4.07. The number of rotatable bonds is 4. The fraction of sp³-hybridized carbons (Fsp3) is 0.250. The normalized spacial score (nSPS) is 13.3. The number of carbonyl (C=O) groups excluding carboxylic acids is 3. The Hall–Kier alpha value is -2.77. The van der Waals surface area contributed by atoms with E-state index in [2.05, 4.69) is 4.74 Å². The number of hydrogen-bond acceptors (Lipinski definition) is 6. The number of ether oxygens (including phenoxy) is 1. The average Bonchev–Trinajstić information content (AvgIpc) is 2.68. The second kappa shape index (κ2) is 5.08. The van der Waals surface area contributed by atoms with Crippen molar-refractivity contribution < 1.29 is 24.0 Å². The summed E-state index contributed by atoms with van der Waals surface area (Å²) in [7, 11) is 1.22. The van der Waals surface area contributed by atoms with Crippen LogP contribution in [0.25, 0.3) is 0 Å². The number of ketones is 1. The zero-order valence-corrected chi connectivity index (χ0v) is 10.5. The highest BCUT2D eigenvalue weighted by Crippen LogP contribution is 2.31. The molecule has 20 heavy (non-hydrogen) atoms. The second-order valence-electron chi connectivity index (χ2n) is 4.07. The van der Waals surface area contributed by atoms with Crippen LogP contribution < -0.4 is 4.90 Å². The third kappa shape index (κ3) is 2.22. The van der Waals surface area contributed by atoms with Crippen molar-refractivity contribution in [3.05, 3.63) is 33.9 Å². The lowest BCUT2D eigenvalue weighted by Crippen LogP contribution is -2.31. The van der Waals surface area contributed by atoms with Crippen molar-refractivity contribution in [3.63, 3.8) is 0 Å². The molecule has 1 aliphatic heterocycles. The van der Waals surface area contributed by atoms with Crippen LogP contribution in [0.3, 0.4) is 0 Å². The summed E-state index contributed by atoms with van der Waals surface area (Å²) in [6.45, 7) is -0.0118. The molecule has 1 aromatic rings. The van der Waals surface area contributed by atoms with Gasteiger partial charge in [-0.3, -0.25) is 24.5 Å². The predicted molar refractivity (Wildman–Crippen MR) is 66.4 cm³/mol. The van der Waals surface area contributed by atoms with E-state index in [0.717, 1.165) is 11.0 Å². The minimum Gasteiger partial charge on any atom is -0.469 e. The molecule has 2 rings (SSSR count). The largest absolute Gasteiger partial charge is 0.469 e. The minimum absolute atomic E-state index is 0.0118. The van der Waals surface area contributed by atoms with E-state index >= 15 is 0 Å². The summed E-state index contributed by atoms with van der Waals surface area (Å²) >= 11 is 0. The summed E-state index contributed by atoms with van der Waals surface area (Å²) in [6, 6.07) is 3.59. The number of amides is 1. The number of anilines is 1. The van der Waals surface area contributed by atoms with E-state index in [1.54, 1.807) is 0 Å². The molecule has 1 amide bonds. The first kappa shape index (κ1) is 13.7. The molecule has 1 aromatic carbocycles. The maximum Gasteiger partial charge on any atom is 0.307 e. The van der Waals surface area contributed by atoms with Gasteiger partial charge in [0.25, 0.3) is 17.4 Å². The molecular formula is C12H10N2O6. The first-order valence-electron chi connectivity index (χ1n) is 5.67. The molecule has 0 aromatic heterocycles. The van der Waals surface area contributed by atoms with E-state index in [-0.39, 0.29) is 29.9 Å². The van der Waals surface area contributed by atoms with Gasteiger partial charge >= 0.3 is 5.97 Å². The van der Waals surface area contributed by atoms with Gasteiger partial charge in [0.2, 0.25) is 0 Å². The molecule has 0 bridgehead atoms. The van der Waals surface area contributed by atoms with Gasteiger partial charge in [-0.05, 0) is 6.07 Å². The Balaban J connectivity index is 2.31. The van der Waals surface area contributed by atoms with Crippen LogP contribution in [0.5, 0.6) is 0 Å². The maximum absolute atomic E-state index is 11.8. The Morgan fingerprint density at radius 3 is 2.70 bits per heavy atom. The molecular weight excluding hydrogens is 268 g/mol. The standard InChI is InChI=1S/C12H10N2O6/c1-20-10(15)4-5-13-9-3-2-7(14(18)19)6-8(9)11(16)12(13)17/h2-3,6H,4-5H2,1H3. The van der Waals surface area contributed by atoms with E-state index in [4.69, 9.17) is 0 Å².